The first-order chi connectivity index (χ1) is 9.31. The molecule has 2 rings (SSSR count). The number of hydrogen-bond donors (Lipinski definition) is 0. The van der Waals surface area contributed by atoms with E-state index in [0.717, 1.165) is 31.2 Å². The van der Waals surface area contributed by atoms with Gasteiger partial charge in [-0.05, 0) is 18.4 Å². The van der Waals surface area contributed by atoms with Crippen molar-refractivity contribution in [3.05, 3.63) is 35.9 Å². The molecule has 0 N–H and O–H groups in total. The molecule has 0 atom stereocenters. The van der Waals surface area contributed by atoms with Crippen LogP contribution in [0.1, 0.15) is 31.2 Å². The van der Waals surface area contributed by atoms with Gasteiger partial charge in [-0.3, -0.25) is 4.90 Å². The van der Waals surface area contributed by atoms with Crippen LogP contribution in [0, 0.1) is 11.3 Å². The molecular formula is C15H18N2O2. The van der Waals surface area contributed by atoms with Gasteiger partial charge in [-0.2, -0.15) is 5.26 Å². The summed E-state index contributed by atoms with van der Waals surface area (Å²) in [7, 11) is 0. The lowest BCUT2D eigenvalue weighted by Crippen LogP contribution is -2.39. The average Bonchev–Trinajstić information content (AvgIpc) is 2.97. The summed E-state index contributed by atoms with van der Waals surface area (Å²) in [6.07, 6.45) is 3.82. The molecule has 1 fully saturated rings. The van der Waals surface area contributed by atoms with Crippen molar-refractivity contribution in [2.24, 2.45) is 0 Å². The van der Waals surface area contributed by atoms with Crippen LogP contribution in [-0.2, 0) is 11.3 Å². The fraction of sp³-hybridized carbons (Fsp3) is 0.467. The minimum Gasteiger partial charge on any atom is -0.445 e. The van der Waals surface area contributed by atoms with E-state index in [1.807, 2.05) is 36.4 Å². The summed E-state index contributed by atoms with van der Waals surface area (Å²) in [6, 6.07) is 11.8. The Morgan fingerprint density at radius 2 is 2.00 bits per heavy atom. The molecule has 1 aromatic rings. The van der Waals surface area contributed by atoms with Gasteiger partial charge < -0.3 is 4.74 Å². The summed E-state index contributed by atoms with van der Waals surface area (Å²) in [5.74, 6) is 0. The summed E-state index contributed by atoms with van der Waals surface area (Å²) in [4.78, 5) is 13.6. The molecule has 0 bridgehead atoms. The number of hydrogen-bond acceptors (Lipinski definition) is 3. The van der Waals surface area contributed by atoms with Gasteiger partial charge >= 0.3 is 6.09 Å². The summed E-state index contributed by atoms with van der Waals surface area (Å²) >= 11 is 0. The summed E-state index contributed by atoms with van der Waals surface area (Å²) in [5.41, 5.74) is 0.958. The second-order valence-corrected chi connectivity index (χ2v) is 4.76. The highest BCUT2D eigenvalue weighted by Crippen LogP contribution is 2.24. The van der Waals surface area contributed by atoms with E-state index >= 15 is 0 Å². The molecule has 0 saturated heterocycles. The predicted octanol–water partition coefficient (Wildman–Crippen LogP) is 3.09. The zero-order valence-electron chi connectivity index (χ0n) is 10.9. The van der Waals surface area contributed by atoms with Gasteiger partial charge in [-0.1, -0.05) is 43.2 Å². The van der Waals surface area contributed by atoms with Crippen molar-refractivity contribution >= 4 is 6.09 Å². The number of amides is 1. The van der Waals surface area contributed by atoms with E-state index < -0.39 is 0 Å². The Balaban J connectivity index is 1.90. The summed E-state index contributed by atoms with van der Waals surface area (Å²) in [6.45, 7) is 0.368. The fourth-order valence-corrected chi connectivity index (χ4v) is 2.44. The third kappa shape index (κ3) is 3.72. The molecule has 0 spiro atoms. The molecular weight excluding hydrogens is 240 g/mol. The van der Waals surface area contributed by atoms with Crippen molar-refractivity contribution in [3.8, 4) is 6.07 Å². The number of rotatable bonds is 4. The molecule has 0 radical (unpaired) electrons. The van der Waals surface area contributed by atoms with E-state index in [2.05, 4.69) is 0 Å². The van der Waals surface area contributed by atoms with Gasteiger partial charge in [0.25, 0.3) is 0 Å². The molecule has 1 saturated carbocycles. The van der Waals surface area contributed by atoms with Crippen LogP contribution in [0.15, 0.2) is 30.3 Å². The number of nitrogens with zero attached hydrogens (tertiary/aromatic N) is 2. The average molecular weight is 258 g/mol. The molecule has 4 heteroatoms. The van der Waals surface area contributed by atoms with E-state index in [-0.39, 0.29) is 25.3 Å². The highest BCUT2D eigenvalue weighted by molar-refractivity contribution is 5.68. The minimum atomic E-state index is -0.377. The monoisotopic (exact) mass is 258 g/mol. The van der Waals surface area contributed by atoms with Crippen LogP contribution in [0.4, 0.5) is 4.79 Å². The third-order valence-corrected chi connectivity index (χ3v) is 3.45. The molecule has 100 valence electrons. The molecule has 1 amide bonds. The fourth-order valence-electron chi connectivity index (χ4n) is 2.44. The van der Waals surface area contributed by atoms with Crippen molar-refractivity contribution in [1.29, 1.82) is 5.26 Å². The predicted molar refractivity (Wildman–Crippen MR) is 71.2 cm³/mol. The lowest BCUT2D eigenvalue weighted by Gasteiger charge is -2.25. The van der Waals surface area contributed by atoms with Crippen LogP contribution in [0.2, 0.25) is 0 Å². The number of ether oxygens (including phenoxy) is 1. The van der Waals surface area contributed by atoms with Crippen LogP contribution in [0.5, 0.6) is 0 Å². The Bertz CT molecular complexity index is 447. The van der Waals surface area contributed by atoms with Gasteiger partial charge in [0, 0.05) is 6.04 Å². The zero-order chi connectivity index (χ0) is 13.5. The Morgan fingerprint density at radius 3 is 2.63 bits per heavy atom. The van der Waals surface area contributed by atoms with Crippen molar-refractivity contribution in [3.63, 3.8) is 0 Å². The second kappa shape index (κ2) is 6.79. The van der Waals surface area contributed by atoms with E-state index in [4.69, 9.17) is 10.00 Å². The zero-order valence-corrected chi connectivity index (χ0v) is 10.9. The van der Waals surface area contributed by atoms with Crippen LogP contribution >= 0.6 is 0 Å². The molecule has 0 aliphatic heterocycles. The van der Waals surface area contributed by atoms with Gasteiger partial charge in [-0.15, -0.1) is 0 Å². The third-order valence-electron chi connectivity index (χ3n) is 3.45. The van der Waals surface area contributed by atoms with Gasteiger partial charge in [0.05, 0.1) is 6.07 Å². The Morgan fingerprint density at radius 1 is 1.32 bits per heavy atom. The van der Waals surface area contributed by atoms with E-state index in [0.29, 0.717) is 0 Å². The highest BCUT2D eigenvalue weighted by atomic mass is 16.6. The lowest BCUT2D eigenvalue weighted by molar-refractivity contribution is 0.0866. The first-order valence-corrected chi connectivity index (χ1v) is 6.65. The van der Waals surface area contributed by atoms with Crippen molar-refractivity contribution in [2.75, 3.05) is 6.54 Å². The van der Waals surface area contributed by atoms with Crippen LogP contribution in [0.3, 0.4) is 0 Å². The largest absolute Gasteiger partial charge is 0.445 e. The maximum Gasteiger partial charge on any atom is 0.411 e. The van der Waals surface area contributed by atoms with Crippen LogP contribution in [-0.4, -0.2) is 23.6 Å². The smallest absolute Gasteiger partial charge is 0.411 e. The first-order valence-electron chi connectivity index (χ1n) is 6.65. The van der Waals surface area contributed by atoms with Gasteiger partial charge in [0.15, 0.2) is 0 Å². The number of nitriles is 1. The topological polar surface area (TPSA) is 53.3 Å². The molecule has 1 aliphatic rings. The first kappa shape index (κ1) is 13.4. The van der Waals surface area contributed by atoms with Crippen molar-refractivity contribution < 1.29 is 9.53 Å². The number of carbonyl (C=O) groups is 1. The van der Waals surface area contributed by atoms with Gasteiger partial charge in [0.1, 0.15) is 13.2 Å². The van der Waals surface area contributed by atoms with Crippen LogP contribution < -0.4 is 0 Å². The SMILES string of the molecule is N#CCN(C(=O)OCc1ccccc1)C1CCCC1. The molecule has 0 heterocycles. The Hall–Kier alpha value is -2.02. The Labute approximate surface area is 113 Å². The lowest BCUT2D eigenvalue weighted by atomic mass is 10.2. The maximum absolute atomic E-state index is 12.0. The van der Waals surface area contributed by atoms with Gasteiger partial charge in [-0.25, -0.2) is 4.79 Å². The van der Waals surface area contributed by atoms with E-state index in [1.165, 1.54) is 0 Å². The molecule has 1 aromatic carbocycles. The summed E-state index contributed by atoms with van der Waals surface area (Å²) in [5, 5.41) is 8.83. The Kier molecular flexibility index (Phi) is 4.79. The molecule has 0 aromatic heterocycles. The van der Waals surface area contributed by atoms with Gasteiger partial charge in [0.2, 0.25) is 0 Å². The molecule has 1 aliphatic carbocycles. The highest BCUT2D eigenvalue weighted by Gasteiger charge is 2.27. The molecule has 19 heavy (non-hydrogen) atoms. The normalized spacial score (nSPS) is 14.9. The molecule has 0 unspecified atom stereocenters. The number of benzene rings is 1. The quantitative estimate of drug-likeness (QED) is 0.780. The van der Waals surface area contributed by atoms with E-state index in [9.17, 15) is 4.79 Å². The second-order valence-electron chi connectivity index (χ2n) is 4.76. The van der Waals surface area contributed by atoms with E-state index in [1.54, 1.807) is 4.90 Å². The molecule has 4 nitrogen and oxygen atoms in total. The number of carbonyl (C=O) groups excluding carboxylic acids is 1. The van der Waals surface area contributed by atoms with Crippen LogP contribution in [0.25, 0.3) is 0 Å². The maximum atomic E-state index is 12.0. The minimum absolute atomic E-state index is 0.109. The standard InChI is InChI=1S/C15H18N2O2/c16-10-11-17(14-8-4-5-9-14)15(18)19-12-13-6-2-1-3-7-13/h1-3,6-7,14H,4-5,8-9,11-12H2. The van der Waals surface area contributed by atoms with Crippen molar-refractivity contribution in [2.45, 2.75) is 38.3 Å². The van der Waals surface area contributed by atoms with Crippen molar-refractivity contribution in [1.82, 2.24) is 4.90 Å². The summed E-state index contributed by atoms with van der Waals surface area (Å²) < 4.78 is 5.29.